The summed E-state index contributed by atoms with van der Waals surface area (Å²) >= 11 is 0. The number of carbonyl (C=O) groups excluding carboxylic acids is 2. The van der Waals surface area contributed by atoms with Crippen LogP contribution in [-0.4, -0.2) is 24.5 Å². The molecule has 0 N–H and O–H groups in total. The molecule has 0 aromatic carbocycles. The predicted molar refractivity (Wildman–Crippen MR) is 111 cm³/mol. The molecule has 0 aromatic rings. The molecule has 0 radical (unpaired) electrons. The molecule has 0 amide bonds. The topological polar surface area (TPSA) is 61.8 Å². The van der Waals surface area contributed by atoms with E-state index in [0.29, 0.717) is 18.3 Å². The van der Waals surface area contributed by atoms with E-state index < -0.39 is 24.5 Å². The zero-order valence-electron chi connectivity index (χ0n) is 18.6. The lowest BCUT2D eigenvalue weighted by Crippen LogP contribution is -2.50. The smallest absolute Gasteiger partial charge is 0.305 e. The summed E-state index contributed by atoms with van der Waals surface area (Å²) in [4.78, 5) is 22.8. The molecule has 162 valence electrons. The van der Waals surface area contributed by atoms with E-state index in [2.05, 4.69) is 33.4 Å². The summed E-state index contributed by atoms with van der Waals surface area (Å²) < 4.78 is 16.2. The van der Waals surface area contributed by atoms with Gasteiger partial charge >= 0.3 is 11.9 Å². The van der Waals surface area contributed by atoms with Crippen LogP contribution in [-0.2, 0) is 23.8 Å². The van der Waals surface area contributed by atoms with Gasteiger partial charge in [-0.15, -0.1) is 0 Å². The third-order valence-electron chi connectivity index (χ3n) is 7.92. The average molecular weight is 405 g/mol. The molecule has 0 bridgehead atoms. The zero-order chi connectivity index (χ0) is 21.4. The van der Waals surface area contributed by atoms with Gasteiger partial charge in [0.2, 0.25) is 12.6 Å². The lowest BCUT2D eigenvalue weighted by atomic mass is 9.46. The van der Waals surface area contributed by atoms with Crippen molar-refractivity contribution in [3.63, 3.8) is 0 Å². The highest BCUT2D eigenvalue weighted by atomic mass is 16.8. The lowest BCUT2D eigenvalue weighted by Gasteiger charge is -2.58. The van der Waals surface area contributed by atoms with Crippen LogP contribution in [0.1, 0.15) is 79.6 Å². The third kappa shape index (κ3) is 4.30. The van der Waals surface area contributed by atoms with Crippen LogP contribution in [0.15, 0.2) is 23.8 Å². The fourth-order valence-electron chi connectivity index (χ4n) is 5.91. The molecule has 0 aromatic heterocycles. The number of rotatable bonds is 4. The Hall–Kier alpha value is -1.62. The Kier molecular flexibility index (Phi) is 6.28. The molecule has 1 aliphatic heterocycles. The van der Waals surface area contributed by atoms with Crippen LogP contribution in [0.2, 0.25) is 0 Å². The molecule has 3 aliphatic rings. The molecule has 3 fully saturated rings. The molecule has 0 spiro atoms. The molecule has 6 atom stereocenters. The Morgan fingerprint density at radius 1 is 1.21 bits per heavy atom. The first-order valence-corrected chi connectivity index (χ1v) is 10.9. The van der Waals surface area contributed by atoms with Gasteiger partial charge in [0.15, 0.2) is 0 Å². The first-order chi connectivity index (χ1) is 13.6. The van der Waals surface area contributed by atoms with Gasteiger partial charge in [-0.1, -0.05) is 39.0 Å². The van der Waals surface area contributed by atoms with Crippen molar-refractivity contribution >= 4 is 11.9 Å². The van der Waals surface area contributed by atoms with Crippen molar-refractivity contribution in [3.05, 3.63) is 23.8 Å². The van der Waals surface area contributed by atoms with Crippen molar-refractivity contribution in [2.24, 2.45) is 22.7 Å². The molecule has 3 rings (SSSR count). The standard InChI is InChI=1S/C24H36O5/c1-15-8-7-9-20-23(15,5)12-10-16(2)24(20,6)13-11-19-14-21(27-17(3)25)29-22(19)28-18(4)26/h11,16,20-22H,1,7-10,12-14H2,2-6H3/b19-11-/t16-,20+,21-,22-,23+,24+/m1/s1. The van der Waals surface area contributed by atoms with Gasteiger partial charge in [-0.3, -0.25) is 14.3 Å². The second-order valence-electron chi connectivity index (χ2n) is 9.72. The van der Waals surface area contributed by atoms with Gasteiger partial charge < -0.3 is 9.47 Å². The molecule has 0 unspecified atom stereocenters. The van der Waals surface area contributed by atoms with E-state index in [0.717, 1.165) is 18.4 Å². The van der Waals surface area contributed by atoms with Crippen LogP contribution in [0, 0.1) is 22.7 Å². The molecular weight excluding hydrogens is 368 g/mol. The molecule has 5 heteroatoms. The van der Waals surface area contributed by atoms with Crippen LogP contribution in [0.5, 0.6) is 0 Å². The van der Waals surface area contributed by atoms with Gasteiger partial charge in [-0.05, 0) is 61.2 Å². The van der Waals surface area contributed by atoms with E-state index in [1.54, 1.807) is 0 Å². The first-order valence-electron chi connectivity index (χ1n) is 10.9. The molecule has 5 nitrogen and oxygen atoms in total. The van der Waals surface area contributed by atoms with E-state index in [4.69, 9.17) is 14.2 Å². The Bertz CT molecular complexity index is 710. The minimum absolute atomic E-state index is 0.143. The highest BCUT2D eigenvalue weighted by molar-refractivity contribution is 5.67. The SMILES string of the molecule is C=C1CCC[C@@H]2[C@@](C)(C/C=C3/C[C@H](OC(C)=O)O[C@H]3OC(C)=O)[C@H](C)CC[C@@]12C. The van der Waals surface area contributed by atoms with Gasteiger partial charge in [0.25, 0.3) is 0 Å². The quantitative estimate of drug-likeness (QED) is 0.470. The van der Waals surface area contributed by atoms with Gasteiger partial charge in [-0.2, -0.15) is 0 Å². The summed E-state index contributed by atoms with van der Waals surface area (Å²) in [7, 11) is 0. The fraction of sp³-hybridized carbons (Fsp3) is 0.750. The number of allylic oxidation sites excluding steroid dienone is 2. The minimum Gasteiger partial charge on any atom is -0.435 e. The molecule has 1 heterocycles. The summed E-state index contributed by atoms with van der Waals surface area (Å²) in [6.07, 6.45) is 8.06. The summed E-state index contributed by atoms with van der Waals surface area (Å²) in [5.74, 6) is 0.387. The highest BCUT2D eigenvalue weighted by Crippen LogP contribution is 2.62. The summed E-state index contributed by atoms with van der Waals surface area (Å²) in [5, 5.41) is 0. The maximum Gasteiger partial charge on any atom is 0.305 e. The molecule has 29 heavy (non-hydrogen) atoms. The predicted octanol–water partition coefficient (Wildman–Crippen LogP) is 5.30. The minimum atomic E-state index is -0.771. The van der Waals surface area contributed by atoms with Crippen molar-refractivity contribution in [1.29, 1.82) is 0 Å². The number of carbonyl (C=O) groups is 2. The Morgan fingerprint density at radius 2 is 1.90 bits per heavy atom. The van der Waals surface area contributed by atoms with Crippen LogP contribution < -0.4 is 0 Å². The second-order valence-corrected chi connectivity index (χ2v) is 9.72. The van der Waals surface area contributed by atoms with E-state index in [1.165, 1.54) is 45.1 Å². The normalized spacial score (nSPS) is 41.1. The van der Waals surface area contributed by atoms with Gasteiger partial charge in [0.05, 0.1) is 0 Å². The van der Waals surface area contributed by atoms with Crippen molar-refractivity contribution in [3.8, 4) is 0 Å². The number of esters is 2. The fourth-order valence-corrected chi connectivity index (χ4v) is 5.91. The average Bonchev–Trinajstić information content (AvgIpc) is 2.98. The maximum atomic E-state index is 11.5. The van der Waals surface area contributed by atoms with E-state index in [1.807, 2.05) is 0 Å². The van der Waals surface area contributed by atoms with Gasteiger partial charge in [0.1, 0.15) is 0 Å². The summed E-state index contributed by atoms with van der Waals surface area (Å²) in [6, 6.07) is 0. The molecule has 2 aliphatic carbocycles. The largest absolute Gasteiger partial charge is 0.435 e. The first kappa shape index (κ1) is 22.1. The molecule has 2 saturated carbocycles. The van der Waals surface area contributed by atoms with Crippen LogP contribution in [0.4, 0.5) is 0 Å². The number of ether oxygens (including phenoxy) is 3. The van der Waals surface area contributed by atoms with Crippen molar-refractivity contribution in [2.45, 2.75) is 92.1 Å². The summed E-state index contributed by atoms with van der Waals surface area (Å²) in [6.45, 7) is 14.3. The van der Waals surface area contributed by atoms with Crippen molar-refractivity contribution < 1.29 is 23.8 Å². The number of hydrogen-bond acceptors (Lipinski definition) is 5. The number of hydrogen-bond donors (Lipinski definition) is 0. The highest BCUT2D eigenvalue weighted by Gasteiger charge is 2.53. The second kappa shape index (κ2) is 8.25. The van der Waals surface area contributed by atoms with Crippen LogP contribution in [0.3, 0.4) is 0 Å². The molecular formula is C24H36O5. The van der Waals surface area contributed by atoms with Gasteiger partial charge in [0, 0.05) is 25.8 Å². The molecule has 1 saturated heterocycles. The zero-order valence-corrected chi connectivity index (χ0v) is 18.6. The Balaban J connectivity index is 1.83. The van der Waals surface area contributed by atoms with Crippen LogP contribution >= 0.6 is 0 Å². The van der Waals surface area contributed by atoms with E-state index >= 15 is 0 Å². The number of fused-ring (bicyclic) bond motifs is 1. The van der Waals surface area contributed by atoms with Gasteiger partial charge in [-0.25, -0.2) is 0 Å². The summed E-state index contributed by atoms with van der Waals surface area (Å²) in [5.41, 5.74) is 2.65. The van der Waals surface area contributed by atoms with Crippen molar-refractivity contribution in [1.82, 2.24) is 0 Å². The third-order valence-corrected chi connectivity index (χ3v) is 7.92. The lowest BCUT2D eigenvalue weighted by molar-refractivity contribution is -0.204. The van der Waals surface area contributed by atoms with Crippen molar-refractivity contribution in [2.75, 3.05) is 0 Å². The van der Waals surface area contributed by atoms with E-state index in [-0.39, 0.29) is 10.8 Å². The Labute approximate surface area is 174 Å². The van der Waals surface area contributed by atoms with Crippen LogP contribution in [0.25, 0.3) is 0 Å². The maximum absolute atomic E-state index is 11.5. The Morgan fingerprint density at radius 3 is 2.55 bits per heavy atom. The monoisotopic (exact) mass is 404 g/mol. The van der Waals surface area contributed by atoms with E-state index in [9.17, 15) is 9.59 Å².